The molecule has 18 heavy (non-hydrogen) atoms. The van der Waals surface area contributed by atoms with Crippen LogP contribution in [-0.4, -0.2) is 26.1 Å². The van der Waals surface area contributed by atoms with Crippen molar-refractivity contribution in [1.29, 1.82) is 0 Å². The SMILES string of the molecule is CCCCCCCCCCNCCOC(F)(F)F. The first-order chi connectivity index (χ1) is 8.56. The average molecular weight is 269 g/mol. The van der Waals surface area contributed by atoms with Crippen LogP contribution < -0.4 is 5.32 Å². The number of alkyl halides is 3. The van der Waals surface area contributed by atoms with E-state index in [0.29, 0.717) is 0 Å². The molecule has 0 radical (unpaired) electrons. The molecule has 0 fully saturated rings. The van der Waals surface area contributed by atoms with Crippen molar-refractivity contribution in [3.63, 3.8) is 0 Å². The standard InChI is InChI=1S/C13H26F3NO/c1-2-3-4-5-6-7-8-9-10-17-11-12-18-13(14,15)16/h17H,2-12H2,1H3. The van der Waals surface area contributed by atoms with E-state index in [4.69, 9.17) is 0 Å². The fraction of sp³-hybridized carbons (Fsp3) is 1.00. The highest BCUT2D eigenvalue weighted by Crippen LogP contribution is 2.15. The highest BCUT2D eigenvalue weighted by atomic mass is 19.4. The van der Waals surface area contributed by atoms with Gasteiger partial charge in [0.2, 0.25) is 0 Å². The van der Waals surface area contributed by atoms with Gasteiger partial charge in [-0.15, -0.1) is 13.2 Å². The number of rotatable bonds is 12. The molecule has 0 saturated heterocycles. The van der Waals surface area contributed by atoms with Gasteiger partial charge in [0.05, 0.1) is 6.61 Å². The largest absolute Gasteiger partial charge is 0.522 e. The molecule has 0 aromatic rings. The van der Waals surface area contributed by atoms with Crippen molar-refractivity contribution < 1.29 is 17.9 Å². The van der Waals surface area contributed by atoms with E-state index in [1.807, 2.05) is 0 Å². The van der Waals surface area contributed by atoms with Crippen LogP contribution in [0.2, 0.25) is 0 Å². The quantitative estimate of drug-likeness (QED) is 0.535. The molecule has 0 unspecified atom stereocenters. The molecule has 0 rings (SSSR count). The third kappa shape index (κ3) is 15.7. The van der Waals surface area contributed by atoms with Crippen molar-refractivity contribution in [1.82, 2.24) is 5.32 Å². The topological polar surface area (TPSA) is 21.3 Å². The molecular formula is C13H26F3NO. The van der Waals surface area contributed by atoms with Gasteiger partial charge in [-0.3, -0.25) is 4.74 Å². The van der Waals surface area contributed by atoms with E-state index in [2.05, 4.69) is 17.0 Å². The van der Waals surface area contributed by atoms with Crippen LogP contribution >= 0.6 is 0 Å². The van der Waals surface area contributed by atoms with Crippen molar-refractivity contribution in [2.24, 2.45) is 0 Å². The molecule has 1 N–H and O–H groups in total. The maximum atomic E-state index is 11.6. The van der Waals surface area contributed by atoms with Crippen molar-refractivity contribution in [2.45, 2.75) is 64.7 Å². The lowest BCUT2D eigenvalue weighted by atomic mass is 10.1. The predicted molar refractivity (Wildman–Crippen MR) is 67.5 cm³/mol. The highest BCUT2D eigenvalue weighted by Gasteiger charge is 2.28. The molecule has 0 aliphatic carbocycles. The summed E-state index contributed by atoms with van der Waals surface area (Å²) in [6.45, 7) is 2.93. The Morgan fingerprint density at radius 2 is 1.39 bits per heavy atom. The first-order valence-electron chi connectivity index (χ1n) is 6.97. The Labute approximate surface area is 108 Å². The Morgan fingerprint density at radius 1 is 0.833 bits per heavy atom. The summed E-state index contributed by atoms with van der Waals surface area (Å²) in [5, 5.41) is 2.94. The van der Waals surface area contributed by atoms with Crippen LogP contribution in [0.15, 0.2) is 0 Å². The lowest BCUT2D eigenvalue weighted by molar-refractivity contribution is -0.323. The zero-order chi connectivity index (χ0) is 13.7. The molecule has 0 aliphatic rings. The van der Waals surface area contributed by atoms with Gasteiger partial charge in [0.15, 0.2) is 0 Å². The molecule has 0 saturated carbocycles. The van der Waals surface area contributed by atoms with E-state index >= 15 is 0 Å². The zero-order valence-corrected chi connectivity index (χ0v) is 11.3. The van der Waals surface area contributed by atoms with Crippen molar-refractivity contribution in [3.8, 4) is 0 Å². The second-order valence-corrected chi connectivity index (χ2v) is 4.52. The summed E-state index contributed by atoms with van der Waals surface area (Å²) in [5.74, 6) is 0. The highest BCUT2D eigenvalue weighted by molar-refractivity contribution is 4.50. The van der Waals surface area contributed by atoms with E-state index in [0.717, 1.165) is 19.4 Å². The van der Waals surface area contributed by atoms with Gasteiger partial charge in [0.1, 0.15) is 0 Å². The number of hydrogen-bond acceptors (Lipinski definition) is 2. The second kappa shape index (κ2) is 11.8. The lowest BCUT2D eigenvalue weighted by Crippen LogP contribution is -2.24. The summed E-state index contributed by atoms with van der Waals surface area (Å²) in [4.78, 5) is 0. The molecule has 0 aromatic carbocycles. The lowest BCUT2D eigenvalue weighted by Gasteiger charge is -2.08. The zero-order valence-electron chi connectivity index (χ0n) is 11.3. The maximum Gasteiger partial charge on any atom is 0.522 e. The van der Waals surface area contributed by atoms with Gasteiger partial charge in [0, 0.05) is 6.54 Å². The summed E-state index contributed by atoms with van der Waals surface area (Å²) >= 11 is 0. The normalized spacial score (nSPS) is 12.0. The Kier molecular flexibility index (Phi) is 11.6. The van der Waals surface area contributed by atoms with Gasteiger partial charge in [-0.1, -0.05) is 51.9 Å². The monoisotopic (exact) mass is 269 g/mol. The smallest absolute Gasteiger partial charge is 0.314 e. The van der Waals surface area contributed by atoms with Crippen molar-refractivity contribution in [3.05, 3.63) is 0 Å². The van der Waals surface area contributed by atoms with Crippen LogP contribution in [0.4, 0.5) is 13.2 Å². The van der Waals surface area contributed by atoms with Crippen LogP contribution in [0, 0.1) is 0 Å². The van der Waals surface area contributed by atoms with Crippen LogP contribution in [0.3, 0.4) is 0 Å². The predicted octanol–water partition coefficient (Wildman–Crippen LogP) is 4.25. The molecular weight excluding hydrogens is 243 g/mol. The third-order valence-corrected chi connectivity index (χ3v) is 2.75. The number of hydrogen-bond donors (Lipinski definition) is 1. The van der Waals surface area contributed by atoms with Gasteiger partial charge in [-0.2, -0.15) is 0 Å². The van der Waals surface area contributed by atoms with Gasteiger partial charge in [0.25, 0.3) is 0 Å². The number of halogens is 3. The average Bonchev–Trinajstić information content (AvgIpc) is 2.29. The summed E-state index contributed by atoms with van der Waals surface area (Å²) in [5.41, 5.74) is 0. The van der Waals surface area contributed by atoms with E-state index < -0.39 is 6.36 Å². The van der Waals surface area contributed by atoms with Gasteiger partial charge in [-0.25, -0.2) is 0 Å². The molecule has 0 heterocycles. The Bertz CT molecular complexity index is 174. The second-order valence-electron chi connectivity index (χ2n) is 4.52. The van der Waals surface area contributed by atoms with Crippen molar-refractivity contribution >= 4 is 0 Å². The van der Waals surface area contributed by atoms with Crippen LogP contribution in [-0.2, 0) is 4.74 Å². The first-order valence-corrected chi connectivity index (χ1v) is 6.97. The summed E-state index contributed by atoms with van der Waals surface area (Å²) in [6.07, 6.45) is 5.40. The minimum Gasteiger partial charge on any atom is -0.314 e. The molecule has 0 atom stereocenters. The van der Waals surface area contributed by atoms with Crippen LogP contribution in [0.25, 0.3) is 0 Å². The molecule has 2 nitrogen and oxygen atoms in total. The van der Waals surface area contributed by atoms with Gasteiger partial charge < -0.3 is 5.32 Å². The summed E-state index contributed by atoms with van der Waals surface area (Å²) in [6, 6.07) is 0. The van der Waals surface area contributed by atoms with E-state index in [9.17, 15) is 13.2 Å². The molecule has 110 valence electrons. The molecule has 0 aliphatic heterocycles. The molecule has 0 amide bonds. The Morgan fingerprint density at radius 3 is 1.94 bits per heavy atom. The summed E-state index contributed by atoms with van der Waals surface area (Å²) in [7, 11) is 0. The molecule has 0 bridgehead atoms. The summed E-state index contributed by atoms with van der Waals surface area (Å²) < 4.78 is 38.5. The minimum atomic E-state index is -4.50. The van der Waals surface area contributed by atoms with Gasteiger partial charge in [-0.05, 0) is 13.0 Å². The Hall–Kier alpha value is -0.290. The molecule has 0 aromatic heterocycles. The first kappa shape index (κ1) is 17.7. The number of ether oxygens (including phenoxy) is 1. The van der Waals surface area contributed by atoms with Crippen LogP contribution in [0.1, 0.15) is 58.3 Å². The number of nitrogens with one attached hydrogen (secondary N) is 1. The van der Waals surface area contributed by atoms with Crippen LogP contribution in [0.5, 0.6) is 0 Å². The van der Waals surface area contributed by atoms with Gasteiger partial charge >= 0.3 is 6.36 Å². The fourth-order valence-corrected chi connectivity index (χ4v) is 1.75. The fourth-order valence-electron chi connectivity index (χ4n) is 1.75. The molecule has 5 heteroatoms. The van der Waals surface area contributed by atoms with E-state index in [-0.39, 0.29) is 13.2 Å². The van der Waals surface area contributed by atoms with E-state index in [1.54, 1.807) is 0 Å². The third-order valence-electron chi connectivity index (χ3n) is 2.75. The van der Waals surface area contributed by atoms with Crippen molar-refractivity contribution in [2.75, 3.05) is 19.7 Å². The molecule has 0 spiro atoms. The van der Waals surface area contributed by atoms with E-state index in [1.165, 1.54) is 38.5 Å². The Balaban J connectivity index is 2.99. The minimum absolute atomic E-state index is 0.260. The number of unbranched alkanes of at least 4 members (excludes halogenated alkanes) is 7. The maximum absolute atomic E-state index is 11.6.